The van der Waals surface area contributed by atoms with Gasteiger partial charge in [0.2, 0.25) is 0 Å². The first-order chi connectivity index (χ1) is 9.65. The number of hydrogen-bond donors (Lipinski definition) is 1. The Balaban J connectivity index is 2.19. The van der Waals surface area contributed by atoms with Gasteiger partial charge in [-0.25, -0.2) is 4.39 Å². The molecule has 0 atom stereocenters. The summed E-state index contributed by atoms with van der Waals surface area (Å²) >= 11 is 0. The van der Waals surface area contributed by atoms with E-state index in [0.717, 1.165) is 12.8 Å². The van der Waals surface area contributed by atoms with Gasteiger partial charge in [0.15, 0.2) is 0 Å². The summed E-state index contributed by atoms with van der Waals surface area (Å²) in [6, 6.07) is 4.92. The topological polar surface area (TPSA) is 32.3 Å². The summed E-state index contributed by atoms with van der Waals surface area (Å²) in [5.41, 5.74) is 0.706. The second kappa shape index (κ2) is 6.73. The molecule has 1 fully saturated rings. The SMILES string of the molecule is CNc1c(F)cccc1C(=O)N(C)C1CCCCCC1. The van der Waals surface area contributed by atoms with Crippen LogP contribution in [0.1, 0.15) is 48.9 Å². The summed E-state index contributed by atoms with van der Waals surface area (Å²) in [4.78, 5) is 14.4. The highest BCUT2D eigenvalue weighted by atomic mass is 19.1. The van der Waals surface area contributed by atoms with Gasteiger partial charge in [-0.05, 0) is 25.0 Å². The van der Waals surface area contributed by atoms with Crippen molar-refractivity contribution in [2.24, 2.45) is 0 Å². The monoisotopic (exact) mass is 278 g/mol. The maximum atomic E-state index is 13.7. The number of para-hydroxylation sites is 1. The minimum atomic E-state index is -0.382. The van der Waals surface area contributed by atoms with Crippen molar-refractivity contribution in [3.63, 3.8) is 0 Å². The quantitative estimate of drug-likeness (QED) is 0.856. The lowest BCUT2D eigenvalue weighted by atomic mass is 10.1. The minimum Gasteiger partial charge on any atom is -0.385 e. The summed E-state index contributed by atoms with van der Waals surface area (Å²) in [6.07, 6.45) is 6.94. The Kier molecular flexibility index (Phi) is 4.99. The Morgan fingerprint density at radius 3 is 2.50 bits per heavy atom. The maximum absolute atomic E-state index is 13.7. The lowest BCUT2D eigenvalue weighted by Gasteiger charge is -2.28. The number of rotatable bonds is 3. The molecular formula is C16H23FN2O. The van der Waals surface area contributed by atoms with Gasteiger partial charge in [-0.3, -0.25) is 4.79 Å². The number of halogens is 1. The third kappa shape index (κ3) is 3.11. The molecular weight excluding hydrogens is 255 g/mol. The van der Waals surface area contributed by atoms with Crippen LogP contribution < -0.4 is 5.32 Å². The van der Waals surface area contributed by atoms with Gasteiger partial charge >= 0.3 is 0 Å². The first-order valence-corrected chi connectivity index (χ1v) is 7.38. The Morgan fingerprint density at radius 2 is 1.90 bits per heavy atom. The standard InChI is InChI=1S/C16H23FN2O/c1-18-15-13(10-7-11-14(15)17)16(20)19(2)12-8-5-3-4-6-9-12/h7,10-12,18H,3-6,8-9H2,1-2H3. The van der Waals surface area contributed by atoms with Gasteiger partial charge in [-0.2, -0.15) is 0 Å². The Morgan fingerprint density at radius 1 is 1.25 bits per heavy atom. The molecule has 1 aliphatic carbocycles. The Bertz CT molecular complexity index is 468. The molecule has 0 heterocycles. The van der Waals surface area contributed by atoms with E-state index in [2.05, 4.69) is 5.32 Å². The van der Waals surface area contributed by atoms with Gasteiger partial charge in [0, 0.05) is 20.1 Å². The molecule has 0 bridgehead atoms. The van der Waals surface area contributed by atoms with E-state index in [-0.39, 0.29) is 23.5 Å². The van der Waals surface area contributed by atoms with Crippen molar-refractivity contribution < 1.29 is 9.18 Å². The van der Waals surface area contributed by atoms with E-state index >= 15 is 0 Å². The van der Waals surface area contributed by atoms with E-state index in [1.54, 1.807) is 24.1 Å². The van der Waals surface area contributed by atoms with Crippen molar-refractivity contribution in [2.45, 2.75) is 44.6 Å². The summed E-state index contributed by atoms with van der Waals surface area (Å²) in [7, 11) is 3.48. The molecule has 0 unspecified atom stereocenters. The molecule has 0 aliphatic heterocycles. The van der Waals surface area contributed by atoms with Crippen LogP contribution in [0.5, 0.6) is 0 Å². The van der Waals surface area contributed by atoms with Gasteiger partial charge < -0.3 is 10.2 Å². The summed E-state index contributed by atoms with van der Waals surface area (Å²) in [5, 5.41) is 2.79. The van der Waals surface area contributed by atoms with E-state index in [1.807, 2.05) is 7.05 Å². The molecule has 4 heteroatoms. The lowest BCUT2D eigenvalue weighted by Crippen LogP contribution is -2.37. The van der Waals surface area contributed by atoms with Gasteiger partial charge in [0.05, 0.1) is 11.3 Å². The summed E-state index contributed by atoms with van der Waals surface area (Å²) in [6.45, 7) is 0. The molecule has 1 aliphatic rings. The molecule has 1 amide bonds. The van der Waals surface area contributed by atoms with Crippen molar-refractivity contribution >= 4 is 11.6 Å². The van der Waals surface area contributed by atoms with Crippen LogP contribution in [0.4, 0.5) is 10.1 Å². The highest BCUT2D eigenvalue weighted by molar-refractivity contribution is 5.99. The molecule has 0 spiro atoms. The van der Waals surface area contributed by atoms with Crippen molar-refractivity contribution in [3.8, 4) is 0 Å². The molecule has 2 rings (SSSR count). The highest BCUT2D eigenvalue weighted by Crippen LogP contribution is 2.25. The second-order valence-corrected chi connectivity index (χ2v) is 5.47. The largest absolute Gasteiger partial charge is 0.385 e. The highest BCUT2D eigenvalue weighted by Gasteiger charge is 2.24. The first-order valence-electron chi connectivity index (χ1n) is 7.38. The van der Waals surface area contributed by atoms with E-state index < -0.39 is 0 Å². The predicted octanol–water partition coefficient (Wildman–Crippen LogP) is 3.66. The van der Waals surface area contributed by atoms with Crippen molar-refractivity contribution in [3.05, 3.63) is 29.6 Å². The molecule has 0 aromatic heterocycles. The van der Waals surface area contributed by atoms with Gasteiger partial charge in [-0.1, -0.05) is 31.7 Å². The van der Waals surface area contributed by atoms with Crippen LogP contribution in [0.15, 0.2) is 18.2 Å². The number of nitrogens with one attached hydrogen (secondary N) is 1. The third-order valence-electron chi connectivity index (χ3n) is 4.19. The average Bonchev–Trinajstić information content (AvgIpc) is 2.74. The number of amides is 1. The van der Waals surface area contributed by atoms with Crippen LogP contribution in [0.2, 0.25) is 0 Å². The smallest absolute Gasteiger partial charge is 0.256 e. The van der Waals surface area contributed by atoms with Gasteiger partial charge in [-0.15, -0.1) is 0 Å². The van der Waals surface area contributed by atoms with Gasteiger partial charge in [0.25, 0.3) is 5.91 Å². The molecule has 0 saturated heterocycles. The molecule has 110 valence electrons. The second-order valence-electron chi connectivity index (χ2n) is 5.47. The predicted molar refractivity (Wildman–Crippen MR) is 79.5 cm³/mol. The third-order valence-corrected chi connectivity index (χ3v) is 4.19. The summed E-state index contributed by atoms with van der Waals surface area (Å²) in [5.74, 6) is -0.478. The van der Waals surface area contributed by atoms with Crippen LogP contribution in [-0.4, -0.2) is 30.9 Å². The zero-order chi connectivity index (χ0) is 14.5. The molecule has 1 saturated carbocycles. The number of benzene rings is 1. The number of hydrogen-bond acceptors (Lipinski definition) is 2. The zero-order valence-corrected chi connectivity index (χ0v) is 12.3. The number of carbonyl (C=O) groups is 1. The van der Waals surface area contributed by atoms with E-state index in [1.165, 1.54) is 31.7 Å². The Hall–Kier alpha value is -1.58. The molecule has 20 heavy (non-hydrogen) atoms. The molecule has 1 aromatic carbocycles. The number of nitrogens with zero attached hydrogens (tertiary/aromatic N) is 1. The van der Waals surface area contributed by atoms with Crippen LogP contribution >= 0.6 is 0 Å². The van der Waals surface area contributed by atoms with E-state index in [0.29, 0.717) is 5.56 Å². The normalized spacial score (nSPS) is 16.6. The van der Waals surface area contributed by atoms with E-state index in [9.17, 15) is 9.18 Å². The van der Waals surface area contributed by atoms with Crippen LogP contribution in [0.3, 0.4) is 0 Å². The minimum absolute atomic E-state index is 0.0965. The van der Waals surface area contributed by atoms with Crippen molar-refractivity contribution in [1.82, 2.24) is 4.90 Å². The number of carbonyl (C=O) groups excluding carboxylic acids is 1. The maximum Gasteiger partial charge on any atom is 0.256 e. The zero-order valence-electron chi connectivity index (χ0n) is 12.3. The van der Waals surface area contributed by atoms with Crippen molar-refractivity contribution in [2.75, 3.05) is 19.4 Å². The summed E-state index contributed by atoms with van der Waals surface area (Å²) < 4.78 is 13.7. The molecule has 1 aromatic rings. The van der Waals surface area contributed by atoms with E-state index in [4.69, 9.17) is 0 Å². The fourth-order valence-electron chi connectivity index (χ4n) is 2.96. The Labute approximate surface area is 120 Å². The average molecular weight is 278 g/mol. The van der Waals surface area contributed by atoms with Crippen molar-refractivity contribution in [1.29, 1.82) is 0 Å². The van der Waals surface area contributed by atoms with Gasteiger partial charge in [0.1, 0.15) is 5.82 Å². The van der Waals surface area contributed by atoms with Crippen LogP contribution in [-0.2, 0) is 0 Å². The first kappa shape index (κ1) is 14.8. The fraction of sp³-hybridized carbons (Fsp3) is 0.562. The lowest BCUT2D eigenvalue weighted by molar-refractivity contribution is 0.0718. The molecule has 0 radical (unpaired) electrons. The van der Waals surface area contributed by atoms with Crippen LogP contribution in [0, 0.1) is 5.82 Å². The molecule has 1 N–H and O–H groups in total. The molecule has 3 nitrogen and oxygen atoms in total. The van der Waals surface area contributed by atoms with Crippen LogP contribution in [0.25, 0.3) is 0 Å². The fourth-order valence-corrected chi connectivity index (χ4v) is 2.96. The number of anilines is 1.